The van der Waals surface area contributed by atoms with Gasteiger partial charge in [0.15, 0.2) is 0 Å². The molecule has 2 amide bonds. The number of likely N-dealkylation sites (tertiary alicyclic amines) is 1. The molecule has 0 spiro atoms. The molecule has 0 bridgehead atoms. The Kier molecular flexibility index (Phi) is 5.51. The lowest BCUT2D eigenvalue weighted by atomic mass is 9.98. The van der Waals surface area contributed by atoms with E-state index in [0.717, 1.165) is 25.0 Å². The molecule has 0 radical (unpaired) electrons. The van der Waals surface area contributed by atoms with Crippen molar-refractivity contribution in [1.82, 2.24) is 4.90 Å². The Balaban J connectivity index is 2.12. The number of piperidine rings is 1. The van der Waals surface area contributed by atoms with Crippen molar-refractivity contribution < 1.29 is 19.5 Å². The fourth-order valence-corrected chi connectivity index (χ4v) is 2.48. The number of hydrogen-bond acceptors (Lipinski definition) is 3. The fourth-order valence-electron chi connectivity index (χ4n) is 2.48. The fraction of sp³-hybridized carbons (Fsp3) is 0.353. The Morgan fingerprint density at radius 3 is 2.48 bits per heavy atom. The maximum absolute atomic E-state index is 12.6. The third-order valence-electron chi connectivity index (χ3n) is 3.86. The van der Waals surface area contributed by atoms with Crippen LogP contribution >= 0.6 is 0 Å². The second-order valence-electron chi connectivity index (χ2n) is 5.68. The predicted octanol–water partition coefficient (Wildman–Crippen LogP) is 2.14. The molecule has 0 saturated carbocycles. The molecule has 1 aromatic rings. The Bertz CT molecular complexity index is 631. The first-order valence-corrected chi connectivity index (χ1v) is 7.57. The first kappa shape index (κ1) is 16.7. The zero-order chi connectivity index (χ0) is 16.8. The van der Waals surface area contributed by atoms with Gasteiger partial charge < -0.3 is 15.3 Å². The maximum atomic E-state index is 12.6. The number of carbonyl (C=O) groups excluding carboxylic acids is 2. The summed E-state index contributed by atoms with van der Waals surface area (Å²) in [6, 6.07) is 6.75. The summed E-state index contributed by atoms with van der Waals surface area (Å²) in [5, 5.41) is 11.1. The van der Waals surface area contributed by atoms with E-state index < -0.39 is 11.9 Å². The number of rotatable bonds is 4. The van der Waals surface area contributed by atoms with E-state index in [1.807, 2.05) is 0 Å². The Hall–Kier alpha value is -2.63. The van der Waals surface area contributed by atoms with Crippen LogP contribution in [0.4, 0.5) is 5.69 Å². The highest BCUT2D eigenvalue weighted by Crippen LogP contribution is 2.22. The van der Waals surface area contributed by atoms with Gasteiger partial charge in [-0.05, 0) is 30.9 Å². The van der Waals surface area contributed by atoms with Crippen LogP contribution in [0.1, 0.15) is 30.1 Å². The molecule has 6 nitrogen and oxygen atoms in total. The number of nitrogens with zero attached hydrogens (tertiary/aromatic N) is 1. The van der Waals surface area contributed by atoms with E-state index in [9.17, 15) is 14.4 Å². The highest BCUT2D eigenvalue weighted by molar-refractivity contribution is 6.07. The molecular weight excluding hydrogens is 296 g/mol. The Morgan fingerprint density at radius 2 is 1.83 bits per heavy atom. The zero-order valence-corrected chi connectivity index (χ0v) is 13.0. The van der Waals surface area contributed by atoms with Crippen molar-refractivity contribution in [3.63, 3.8) is 0 Å². The second-order valence-corrected chi connectivity index (χ2v) is 5.68. The van der Waals surface area contributed by atoms with Gasteiger partial charge in [-0.2, -0.15) is 0 Å². The van der Waals surface area contributed by atoms with Crippen LogP contribution in [0.5, 0.6) is 0 Å². The van der Waals surface area contributed by atoms with E-state index in [0.29, 0.717) is 30.3 Å². The van der Waals surface area contributed by atoms with Crippen LogP contribution in [-0.2, 0) is 9.59 Å². The van der Waals surface area contributed by atoms with Gasteiger partial charge in [0, 0.05) is 25.2 Å². The molecule has 23 heavy (non-hydrogen) atoms. The summed E-state index contributed by atoms with van der Waals surface area (Å²) in [7, 11) is 0. The molecule has 0 atom stereocenters. The lowest BCUT2D eigenvalue weighted by Crippen LogP contribution is -2.38. The van der Waals surface area contributed by atoms with E-state index in [-0.39, 0.29) is 5.91 Å². The first-order chi connectivity index (χ1) is 11.0. The van der Waals surface area contributed by atoms with Gasteiger partial charge in [-0.3, -0.25) is 9.59 Å². The molecule has 1 heterocycles. The van der Waals surface area contributed by atoms with Gasteiger partial charge in [-0.25, -0.2) is 4.79 Å². The normalized spacial score (nSPS) is 15.6. The molecule has 1 aliphatic heterocycles. The highest BCUT2D eigenvalue weighted by Gasteiger charge is 2.23. The van der Waals surface area contributed by atoms with Crippen molar-refractivity contribution in [2.45, 2.75) is 19.8 Å². The number of carboxylic acid groups (broad SMARTS) is 1. The van der Waals surface area contributed by atoms with Crippen molar-refractivity contribution in [2.24, 2.45) is 5.92 Å². The monoisotopic (exact) mass is 316 g/mol. The number of benzene rings is 1. The zero-order valence-electron chi connectivity index (χ0n) is 13.0. The summed E-state index contributed by atoms with van der Waals surface area (Å²) >= 11 is 0. The largest absolute Gasteiger partial charge is 0.478 e. The van der Waals surface area contributed by atoms with Crippen molar-refractivity contribution in [3.05, 3.63) is 42.0 Å². The van der Waals surface area contributed by atoms with E-state index in [4.69, 9.17) is 5.11 Å². The van der Waals surface area contributed by atoms with E-state index in [1.165, 1.54) is 0 Å². The maximum Gasteiger partial charge on any atom is 0.328 e. The van der Waals surface area contributed by atoms with Crippen molar-refractivity contribution in [3.8, 4) is 0 Å². The number of para-hydroxylation sites is 1. The lowest BCUT2D eigenvalue weighted by molar-refractivity contribution is -0.131. The van der Waals surface area contributed by atoms with Gasteiger partial charge in [-0.1, -0.05) is 19.1 Å². The molecule has 1 saturated heterocycles. The standard InChI is InChI=1S/C17H20N2O4/c1-12-8-10-19(11-9-12)17(23)13-4-2-3-5-14(13)18-15(20)6-7-16(21)22/h2-7,12H,8-11H2,1H3,(H,18,20)(H,21,22). The highest BCUT2D eigenvalue weighted by atomic mass is 16.4. The average Bonchev–Trinajstić information content (AvgIpc) is 2.53. The number of anilines is 1. The van der Waals surface area contributed by atoms with Gasteiger partial charge in [0.05, 0.1) is 11.3 Å². The second kappa shape index (κ2) is 7.58. The van der Waals surface area contributed by atoms with E-state index in [1.54, 1.807) is 29.2 Å². The summed E-state index contributed by atoms with van der Waals surface area (Å²) in [6.07, 6.45) is 3.63. The SMILES string of the molecule is CC1CCN(C(=O)c2ccccc2NC(=O)C=CC(=O)O)CC1. The number of nitrogens with one attached hydrogen (secondary N) is 1. The number of aliphatic carboxylic acids is 1. The summed E-state index contributed by atoms with van der Waals surface area (Å²) in [6.45, 7) is 3.59. The summed E-state index contributed by atoms with van der Waals surface area (Å²) in [5.41, 5.74) is 0.801. The van der Waals surface area contributed by atoms with Crippen LogP contribution < -0.4 is 5.32 Å². The van der Waals surface area contributed by atoms with E-state index >= 15 is 0 Å². The van der Waals surface area contributed by atoms with Gasteiger partial charge in [0.25, 0.3) is 5.91 Å². The number of amides is 2. The molecular formula is C17H20N2O4. The first-order valence-electron chi connectivity index (χ1n) is 7.57. The van der Waals surface area contributed by atoms with Crippen LogP contribution in [0.3, 0.4) is 0 Å². The quantitative estimate of drug-likeness (QED) is 0.833. The molecule has 0 unspecified atom stereocenters. The van der Waals surface area contributed by atoms with Gasteiger partial charge in [0.1, 0.15) is 0 Å². The third kappa shape index (κ3) is 4.67. The Labute approximate surface area is 134 Å². The topological polar surface area (TPSA) is 86.7 Å². The molecule has 1 fully saturated rings. The lowest BCUT2D eigenvalue weighted by Gasteiger charge is -2.30. The van der Waals surface area contributed by atoms with Crippen LogP contribution in [-0.4, -0.2) is 40.9 Å². The Morgan fingerprint density at radius 1 is 1.17 bits per heavy atom. The minimum atomic E-state index is -1.20. The molecule has 1 aromatic carbocycles. The van der Waals surface area contributed by atoms with Crippen LogP contribution in [0.2, 0.25) is 0 Å². The van der Waals surface area contributed by atoms with Crippen LogP contribution in [0.25, 0.3) is 0 Å². The van der Waals surface area contributed by atoms with Crippen LogP contribution in [0, 0.1) is 5.92 Å². The predicted molar refractivity (Wildman–Crippen MR) is 86.1 cm³/mol. The molecule has 0 aromatic heterocycles. The average molecular weight is 316 g/mol. The molecule has 2 rings (SSSR count). The minimum Gasteiger partial charge on any atom is -0.478 e. The molecule has 1 aliphatic rings. The van der Waals surface area contributed by atoms with Gasteiger partial charge >= 0.3 is 5.97 Å². The van der Waals surface area contributed by atoms with Crippen LogP contribution in [0.15, 0.2) is 36.4 Å². The summed E-state index contributed by atoms with van der Waals surface area (Å²) in [4.78, 5) is 36.6. The molecule has 0 aliphatic carbocycles. The minimum absolute atomic E-state index is 0.116. The molecule has 2 N–H and O–H groups in total. The summed E-state index contributed by atoms with van der Waals surface area (Å²) < 4.78 is 0. The number of carboxylic acids is 1. The van der Waals surface area contributed by atoms with Crippen molar-refractivity contribution >= 4 is 23.5 Å². The number of carbonyl (C=O) groups is 3. The third-order valence-corrected chi connectivity index (χ3v) is 3.86. The van der Waals surface area contributed by atoms with Gasteiger partial charge in [-0.15, -0.1) is 0 Å². The molecule has 6 heteroatoms. The number of hydrogen-bond donors (Lipinski definition) is 2. The smallest absolute Gasteiger partial charge is 0.328 e. The molecule has 122 valence electrons. The van der Waals surface area contributed by atoms with Gasteiger partial charge in [0.2, 0.25) is 5.91 Å². The summed E-state index contributed by atoms with van der Waals surface area (Å²) in [5.74, 6) is -1.28. The van der Waals surface area contributed by atoms with Crippen molar-refractivity contribution in [2.75, 3.05) is 18.4 Å². The van der Waals surface area contributed by atoms with E-state index in [2.05, 4.69) is 12.2 Å². The van der Waals surface area contributed by atoms with Crippen molar-refractivity contribution in [1.29, 1.82) is 0 Å².